The van der Waals surface area contributed by atoms with Crippen LogP contribution >= 0.6 is 0 Å². The van der Waals surface area contributed by atoms with Crippen molar-refractivity contribution in [1.82, 2.24) is 15.0 Å². The van der Waals surface area contributed by atoms with Crippen LogP contribution in [0.2, 0.25) is 0 Å². The smallest absolute Gasteiger partial charge is 0.160 e. The van der Waals surface area contributed by atoms with E-state index in [1.54, 1.807) is 0 Å². The molecule has 0 saturated heterocycles. The fourth-order valence-electron chi connectivity index (χ4n) is 7.18. The average molecular weight is 616 g/mol. The monoisotopic (exact) mass is 615 g/mol. The Kier molecular flexibility index (Phi) is 6.65. The zero-order chi connectivity index (χ0) is 31.9. The lowest BCUT2D eigenvalue weighted by Gasteiger charge is -2.42. The number of pyridine rings is 1. The molecular formula is C44H29N3O. The van der Waals surface area contributed by atoms with Crippen molar-refractivity contribution in [2.75, 3.05) is 0 Å². The highest BCUT2D eigenvalue weighted by Gasteiger charge is 2.46. The fourth-order valence-corrected chi connectivity index (χ4v) is 7.18. The third kappa shape index (κ3) is 4.42. The largest absolute Gasteiger partial charge is 0.456 e. The molecule has 0 unspecified atom stereocenters. The maximum atomic E-state index is 6.96. The van der Waals surface area contributed by atoms with Crippen LogP contribution in [0.15, 0.2) is 176 Å². The van der Waals surface area contributed by atoms with Gasteiger partial charge in [0.25, 0.3) is 0 Å². The van der Waals surface area contributed by atoms with Crippen LogP contribution in [-0.4, -0.2) is 15.0 Å². The lowest BCUT2D eigenvalue weighted by atomic mass is 9.63. The van der Waals surface area contributed by atoms with Gasteiger partial charge in [0.2, 0.25) is 0 Å². The maximum Gasteiger partial charge on any atom is 0.160 e. The number of rotatable bonds is 5. The molecule has 226 valence electrons. The third-order valence-corrected chi connectivity index (χ3v) is 9.28. The second kappa shape index (κ2) is 11.4. The van der Waals surface area contributed by atoms with E-state index in [4.69, 9.17) is 14.7 Å². The highest BCUT2D eigenvalue weighted by molar-refractivity contribution is 5.96. The van der Waals surface area contributed by atoms with Crippen LogP contribution in [0.4, 0.5) is 0 Å². The molecule has 1 aliphatic rings. The van der Waals surface area contributed by atoms with Crippen LogP contribution in [0.5, 0.6) is 11.5 Å². The first-order chi connectivity index (χ1) is 23.8. The van der Waals surface area contributed by atoms with E-state index in [0.717, 1.165) is 61.6 Å². The van der Waals surface area contributed by atoms with Crippen molar-refractivity contribution in [3.8, 4) is 45.4 Å². The highest BCUT2D eigenvalue weighted by atomic mass is 16.5. The van der Waals surface area contributed by atoms with E-state index < -0.39 is 5.41 Å². The summed E-state index contributed by atoms with van der Waals surface area (Å²) in [5.74, 6) is 2.26. The Balaban J connectivity index is 1.32. The van der Waals surface area contributed by atoms with Gasteiger partial charge in [-0.25, -0.2) is 9.97 Å². The number of hydrogen-bond donors (Lipinski definition) is 0. The van der Waals surface area contributed by atoms with Crippen LogP contribution < -0.4 is 4.74 Å². The molecule has 0 aliphatic carbocycles. The number of ether oxygens (including phenoxy) is 1. The summed E-state index contributed by atoms with van der Waals surface area (Å²) in [5, 5.41) is 0.961. The second-order valence-corrected chi connectivity index (χ2v) is 12.0. The van der Waals surface area contributed by atoms with E-state index in [2.05, 4.69) is 132 Å². The van der Waals surface area contributed by atoms with Crippen LogP contribution in [0.1, 0.15) is 22.3 Å². The molecule has 9 rings (SSSR count). The molecule has 0 saturated carbocycles. The quantitative estimate of drug-likeness (QED) is 0.193. The van der Waals surface area contributed by atoms with Crippen LogP contribution in [0.3, 0.4) is 0 Å². The SMILES string of the molecule is c1ccc(C2(c3ccccc3)c3ccccc3Oc3c(-c4nc(-c5cccc(-c6ccccn6)c5)nc5ccccc45)cccc32)cc1. The molecule has 0 N–H and O–H groups in total. The van der Waals surface area contributed by atoms with Gasteiger partial charge in [0.15, 0.2) is 5.82 Å². The molecule has 2 aromatic heterocycles. The molecule has 48 heavy (non-hydrogen) atoms. The van der Waals surface area contributed by atoms with Gasteiger partial charge in [-0.05, 0) is 47.5 Å². The molecule has 0 radical (unpaired) electrons. The maximum absolute atomic E-state index is 6.96. The Bertz CT molecular complexity index is 2390. The van der Waals surface area contributed by atoms with E-state index in [9.17, 15) is 0 Å². The minimum atomic E-state index is -0.620. The number of hydrogen-bond acceptors (Lipinski definition) is 4. The van der Waals surface area contributed by atoms with E-state index in [-0.39, 0.29) is 0 Å². The van der Waals surface area contributed by atoms with Gasteiger partial charge < -0.3 is 4.74 Å². The summed E-state index contributed by atoms with van der Waals surface area (Å²) < 4.78 is 6.96. The number of nitrogens with zero attached hydrogens (tertiary/aromatic N) is 3. The number of aromatic nitrogens is 3. The number of para-hydroxylation sites is 3. The van der Waals surface area contributed by atoms with Crippen LogP contribution in [0, 0.1) is 0 Å². The van der Waals surface area contributed by atoms with Crippen molar-refractivity contribution in [2.45, 2.75) is 5.41 Å². The Morgan fingerprint density at radius 2 is 1.17 bits per heavy atom. The normalized spacial score (nSPS) is 12.9. The molecule has 1 aliphatic heterocycles. The summed E-state index contributed by atoms with van der Waals surface area (Å²) in [7, 11) is 0. The molecule has 0 spiro atoms. The first kappa shape index (κ1) is 27.9. The van der Waals surface area contributed by atoms with Gasteiger partial charge in [-0.3, -0.25) is 4.98 Å². The Labute approximate surface area is 279 Å². The average Bonchev–Trinajstić information content (AvgIpc) is 3.17. The van der Waals surface area contributed by atoms with Crippen LogP contribution in [0.25, 0.3) is 44.8 Å². The van der Waals surface area contributed by atoms with Crippen molar-refractivity contribution < 1.29 is 4.74 Å². The van der Waals surface area contributed by atoms with E-state index in [0.29, 0.717) is 5.82 Å². The lowest BCUT2D eigenvalue weighted by Crippen LogP contribution is -2.34. The fraction of sp³-hybridized carbons (Fsp3) is 0.0227. The van der Waals surface area contributed by atoms with Gasteiger partial charge >= 0.3 is 0 Å². The van der Waals surface area contributed by atoms with Crippen molar-refractivity contribution in [2.24, 2.45) is 0 Å². The molecular weight excluding hydrogens is 587 g/mol. The molecule has 4 heteroatoms. The highest BCUT2D eigenvalue weighted by Crippen LogP contribution is 2.57. The number of fused-ring (bicyclic) bond motifs is 3. The van der Waals surface area contributed by atoms with Crippen molar-refractivity contribution in [1.29, 1.82) is 0 Å². The topological polar surface area (TPSA) is 47.9 Å². The summed E-state index contributed by atoms with van der Waals surface area (Å²) in [6, 6.07) is 58.8. The molecule has 0 amide bonds. The van der Waals surface area contributed by atoms with Gasteiger partial charge in [-0.1, -0.05) is 133 Å². The lowest BCUT2D eigenvalue weighted by molar-refractivity contribution is 0.436. The Morgan fingerprint density at radius 1 is 0.500 bits per heavy atom. The summed E-state index contributed by atoms with van der Waals surface area (Å²) in [5.41, 5.74) is 9.34. The summed E-state index contributed by atoms with van der Waals surface area (Å²) >= 11 is 0. The van der Waals surface area contributed by atoms with Gasteiger partial charge in [0.1, 0.15) is 11.5 Å². The minimum Gasteiger partial charge on any atom is -0.456 e. The number of benzene rings is 6. The van der Waals surface area contributed by atoms with Crippen LogP contribution in [-0.2, 0) is 5.41 Å². The molecule has 4 nitrogen and oxygen atoms in total. The van der Waals surface area contributed by atoms with Gasteiger partial charge in [-0.2, -0.15) is 0 Å². The minimum absolute atomic E-state index is 0.620. The third-order valence-electron chi connectivity index (χ3n) is 9.28. The molecule has 6 aromatic carbocycles. The first-order valence-electron chi connectivity index (χ1n) is 16.1. The van der Waals surface area contributed by atoms with Gasteiger partial charge in [0.05, 0.1) is 22.3 Å². The van der Waals surface area contributed by atoms with Crippen molar-refractivity contribution >= 4 is 10.9 Å². The molecule has 0 atom stereocenters. The zero-order valence-corrected chi connectivity index (χ0v) is 26.0. The predicted octanol–water partition coefficient (Wildman–Crippen LogP) is 10.5. The summed E-state index contributed by atoms with van der Waals surface area (Å²) in [6.07, 6.45) is 1.81. The molecule has 0 fully saturated rings. The van der Waals surface area contributed by atoms with Gasteiger partial charge in [-0.15, -0.1) is 0 Å². The van der Waals surface area contributed by atoms with Crippen molar-refractivity contribution in [3.63, 3.8) is 0 Å². The summed E-state index contributed by atoms with van der Waals surface area (Å²) in [4.78, 5) is 15.0. The molecule has 8 aromatic rings. The Morgan fingerprint density at radius 3 is 1.96 bits per heavy atom. The zero-order valence-electron chi connectivity index (χ0n) is 26.0. The molecule has 3 heterocycles. The predicted molar refractivity (Wildman–Crippen MR) is 192 cm³/mol. The second-order valence-electron chi connectivity index (χ2n) is 12.0. The standard InChI is InChI=1S/C44H29N3O/c1-3-17-32(18-4-1)44(33-19-5-2-6-20-33)36-23-8-10-27-40(36)48-42-35(22-14-24-37(42)44)41-34-21-7-9-26-39(34)46-43(47-41)31-16-13-15-30(29-31)38-25-11-12-28-45-38/h1-29H. The first-order valence-corrected chi connectivity index (χ1v) is 16.1. The molecule has 0 bridgehead atoms. The van der Waals surface area contributed by atoms with Gasteiger partial charge in [0, 0.05) is 39.4 Å². The Hall–Kier alpha value is -6.39. The van der Waals surface area contributed by atoms with E-state index in [1.165, 1.54) is 11.1 Å². The van der Waals surface area contributed by atoms with E-state index >= 15 is 0 Å². The summed E-state index contributed by atoms with van der Waals surface area (Å²) in [6.45, 7) is 0. The van der Waals surface area contributed by atoms with E-state index in [1.807, 2.05) is 48.7 Å². The van der Waals surface area contributed by atoms with Crippen molar-refractivity contribution in [3.05, 3.63) is 198 Å².